The van der Waals surface area contributed by atoms with E-state index < -0.39 is 120 Å². The number of nitrogens with one attached hydrogen (secondary N) is 4. The molecule has 0 aromatic rings. The van der Waals surface area contributed by atoms with Gasteiger partial charge in [0.2, 0.25) is 0 Å². The molecule has 0 spiro atoms. The van der Waals surface area contributed by atoms with Crippen molar-refractivity contribution in [3.63, 3.8) is 0 Å². The minimum Gasteiger partial charge on any atom is -0.462 e. The standard InChI is InChI=1S/C46H82N4O8.C42H74N4O8.2H2/c1-39(2)21-29(22-40(3,4)47(39)17)55-35(51)33(36(52)56-30-23-41(5,6)48(18)42(7,8)24-30)34(37(53)57-31-25-43(9,10)49(19)44(11,12)26-31)38(54)58-32-27-45(13,14)50(20)46(15,16)28-32;1-35(2)17-25(18-36(3,4)43-35)51-31(47)29(32(48)52-26-19-37(5,6)44-38(7,8)20-26)30(33(49)53-27-21-39(9,10)45-40(11,12)22-27)34(50)54-28-23-41(13,14)46-42(15,16)24-28;;/h29-34H,21-28H2,1-20H3;25-30,43-46H,17-24H2,1-16H3;2*1H. The van der Waals surface area contributed by atoms with Crippen LogP contribution in [0, 0.1) is 23.7 Å². The highest BCUT2D eigenvalue weighted by Gasteiger charge is 2.58. The van der Waals surface area contributed by atoms with Crippen molar-refractivity contribution in [3.8, 4) is 0 Å². The minimum absolute atomic E-state index is 0. The van der Waals surface area contributed by atoms with Gasteiger partial charge >= 0.3 is 47.8 Å². The SMILES string of the molecule is CC1(C)CC(OC(=O)C(C(=O)OC2CC(C)(C)NC(C)(C)C2)C(C(=O)OC2CC(C)(C)NC(C)(C)C2)C(=O)OC2CC(C)(C)NC(C)(C)C2)CC(C)(C)N1.CN1C(C)(C)CC(OC(=O)C(C(=O)OC2CC(C)(C)N(C)C(C)(C)C2)C(C(=O)OC2CC(C)(C)N(C)C(C)(C)C2)C(=O)OC2CC(C)(C)N(C)C(C)(C)C2)CC1(C)C.[HH].[HH]. The summed E-state index contributed by atoms with van der Waals surface area (Å²) in [4.78, 5) is 127. The maximum atomic E-state index is 14.9. The van der Waals surface area contributed by atoms with E-state index >= 15 is 0 Å². The van der Waals surface area contributed by atoms with Gasteiger partial charge in [-0.25, -0.2) is 0 Å². The van der Waals surface area contributed by atoms with Gasteiger partial charge in [-0.05, 0) is 250 Å². The molecule has 0 aromatic carbocycles. The molecule has 8 aliphatic heterocycles. The molecule has 0 aromatic heterocycles. The monoisotopic (exact) mass is 1590 g/mol. The van der Waals surface area contributed by atoms with Crippen molar-refractivity contribution in [2.45, 2.75) is 462 Å². The van der Waals surface area contributed by atoms with Crippen molar-refractivity contribution < 1.29 is 79.1 Å². The van der Waals surface area contributed by atoms with Gasteiger partial charge in [0.25, 0.3) is 0 Å². The van der Waals surface area contributed by atoms with Crippen LogP contribution in [0.25, 0.3) is 0 Å². The topological polar surface area (TPSA) is 271 Å². The molecule has 4 N–H and O–H groups in total. The number of piperidine rings is 8. The number of hydrogen-bond donors (Lipinski definition) is 4. The Morgan fingerprint density at radius 3 is 0.393 bits per heavy atom. The second kappa shape index (κ2) is 32.3. The highest BCUT2D eigenvalue weighted by Crippen LogP contribution is 2.46. The van der Waals surface area contributed by atoms with Gasteiger partial charge in [-0.2, -0.15) is 0 Å². The van der Waals surface area contributed by atoms with Crippen LogP contribution in [0.5, 0.6) is 0 Å². The third-order valence-electron chi connectivity index (χ3n) is 26.7. The third-order valence-corrected chi connectivity index (χ3v) is 26.7. The molecule has 0 aliphatic carbocycles. The van der Waals surface area contributed by atoms with E-state index in [1.54, 1.807) is 0 Å². The van der Waals surface area contributed by atoms with Gasteiger partial charge in [0.15, 0.2) is 23.7 Å². The summed E-state index contributed by atoms with van der Waals surface area (Å²) >= 11 is 0. The smallest absolute Gasteiger partial charge is 0.322 e. The molecular formula is C88H160N8O16. The molecule has 648 valence electrons. The molecule has 0 atom stereocenters. The predicted octanol–water partition coefficient (Wildman–Crippen LogP) is 13.1. The van der Waals surface area contributed by atoms with Gasteiger partial charge in [0.05, 0.1) is 0 Å². The van der Waals surface area contributed by atoms with Gasteiger partial charge in [-0.15, -0.1) is 0 Å². The van der Waals surface area contributed by atoms with Gasteiger partial charge in [-0.3, -0.25) is 58.0 Å². The third kappa shape index (κ3) is 23.9. The number of ether oxygens (including phenoxy) is 8. The average Bonchev–Trinajstić information content (AvgIpc) is 0.777. The summed E-state index contributed by atoms with van der Waals surface area (Å²) in [6.45, 7) is 66.0. The summed E-state index contributed by atoms with van der Waals surface area (Å²) in [5.74, 6) is -15.5. The van der Waals surface area contributed by atoms with Crippen LogP contribution in [0.4, 0.5) is 0 Å². The lowest BCUT2D eigenvalue weighted by Crippen LogP contribution is -2.62. The molecule has 24 nitrogen and oxygen atoms in total. The molecule has 8 aliphatic rings. The van der Waals surface area contributed by atoms with Crippen LogP contribution in [0.3, 0.4) is 0 Å². The second-order valence-corrected chi connectivity index (χ2v) is 46.0. The molecule has 0 unspecified atom stereocenters. The summed E-state index contributed by atoms with van der Waals surface area (Å²) in [6, 6.07) is 0. The first-order valence-corrected chi connectivity index (χ1v) is 41.9. The zero-order valence-corrected chi connectivity index (χ0v) is 76.6. The quantitative estimate of drug-likeness (QED) is 0.0564. The molecule has 8 rings (SSSR count). The van der Waals surface area contributed by atoms with Gasteiger partial charge in [0, 0.05) is 194 Å². The zero-order valence-electron chi connectivity index (χ0n) is 76.6. The van der Waals surface area contributed by atoms with E-state index in [0.717, 1.165) is 0 Å². The molecular weight excluding hydrogens is 1430 g/mol. The van der Waals surface area contributed by atoms with Crippen LogP contribution in [-0.4, -0.2) is 233 Å². The molecule has 112 heavy (non-hydrogen) atoms. The van der Waals surface area contributed by atoms with Gasteiger partial charge < -0.3 is 59.2 Å². The molecule has 8 heterocycles. The Kier molecular flexibility index (Phi) is 27.3. The van der Waals surface area contributed by atoms with E-state index in [-0.39, 0.29) is 91.5 Å². The first kappa shape index (κ1) is 94.6. The minimum atomic E-state index is -1.93. The van der Waals surface area contributed by atoms with E-state index in [4.69, 9.17) is 37.9 Å². The van der Waals surface area contributed by atoms with Crippen LogP contribution in [-0.2, 0) is 76.3 Å². The van der Waals surface area contributed by atoms with E-state index in [0.29, 0.717) is 103 Å². The van der Waals surface area contributed by atoms with E-state index in [2.05, 4.69) is 180 Å². The highest BCUT2D eigenvalue weighted by molar-refractivity contribution is 6.09. The average molecular weight is 1590 g/mol. The molecule has 0 bridgehead atoms. The maximum absolute atomic E-state index is 14.9. The fraction of sp³-hybridized carbons (Fsp3) is 0.909. The Hall–Kier alpha value is -4.56. The molecule has 0 amide bonds. The Morgan fingerprint density at radius 2 is 0.295 bits per heavy atom. The van der Waals surface area contributed by atoms with Crippen LogP contribution < -0.4 is 21.3 Å². The Bertz CT molecular complexity index is 2880. The van der Waals surface area contributed by atoms with Crippen molar-refractivity contribution in [1.82, 2.24) is 40.9 Å². The Labute approximate surface area is 678 Å². The number of rotatable bonds is 18. The lowest BCUT2D eigenvalue weighted by Gasteiger charge is -2.53. The lowest BCUT2D eigenvalue weighted by atomic mass is 9.78. The molecule has 8 fully saturated rings. The molecule has 0 saturated carbocycles. The largest absolute Gasteiger partial charge is 0.462 e. The summed E-state index contributed by atoms with van der Waals surface area (Å²) in [5, 5.41) is 14.3. The first-order chi connectivity index (χ1) is 50.1. The maximum Gasteiger partial charge on any atom is 0.322 e. The van der Waals surface area contributed by atoms with Gasteiger partial charge in [0.1, 0.15) is 48.8 Å². The van der Waals surface area contributed by atoms with Crippen LogP contribution >= 0.6 is 0 Å². The number of nitrogens with zero attached hydrogens (tertiary/aromatic N) is 4. The van der Waals surface area contributed by atoms with Crippen molar-refractivity contribution in [3.05, 3.63) is 0 Å². The molecule has 24 heteroatoms. The van der Waals surface area contributed by atoms with Gasteiger partial charge in [-0.1, -0.05) is 0 Å². The summed E-state index contributed by atoms with van der Waals surface area (Å²) < 4.78 is 49.9. The van der Waals surface area contributed by atoms with E-state index in [1.807, 2.05) is 111 Å². The summed E-state index contributed by atoms with van der Waals surface area (Å²) in [6.07, 6.45) is 3.09. The summed E-state index contributed by atoms with van der Waals surface area (Å²) in [7, 11) is 8.23. The molecule has 8 saturated heterocycles. The van der Waals surface area contributed by atoms with Crippen LogP contribution in [0.1, 0.15) is 327 Å². The Morgan fingerprint density at radius 1 is 0.205 bits per heavy atom. The number of esters is 8. The predicted molar refractivity (Wildman–Crippen MR) is 440 cm³/mol. The van der Waals surface area contributed by atoms with Crippen molar-refractivity contribution in [1.29, 1.82) is 0 Å². The Balaban J connectivity index is 0.000000401. The molecule has 0 radical (unpaired) electrons. The number of carbonyl (C=O) groups is 8. The first-order valence-electron chi connectivity index (χ1n) is 41.9. The fourth-order valence-corrected chi connectivity index (χ4v) is 22.1. The number of carbonyl (C=O) groups excluding carboxylic acids is 8. The van der Waals surface area contributed by atoms with Crippen LogP contribution in [0.2, 0.25) is 0 Å². The van der Waals surface area contributed by atoms with Crippen molar-refractivity contribution >= 4 is 47.8 Å². The normalized spacial score (nSPS) is 27.7. The van der Waals surface area contributed by atoms with E-state index in [9.17, 15) is 38.4 Å². The van der Waals surface area contributed by atoms with Crippen molar-refractivity contribution in [2.24, 2.45) is 23.7 Å². The van der Waals surface area contributed by atoms with Crippen molar-refractivity contribution in [2.75, 3.05) is 28.2 Å². The fourth-order valence-electron chi connectivity index (χ4n) is 22.1. The second-order valence-electron chi connectivity index (χ2n) is 46.0. The van der Waals surface area contributed by atoms with Crippen LogP contribution in [0.15, 0.2) is 0 Å². The number of likely N-dealkylation sites (tertiary alicyclic amines) is 4. The number of hydrogen-bond acceptors (Lipinski definition) is 24. The van der Waals surface area contributed by atoms with E-state index in [1.165, 1.54) is 0 Å². The zero-order chi connectivity index (χ0) is 85.7. The highest BCUT2D eigenvalue weighted by atomic mass is 16.6. The summed E-state index contributed by atoms with van der Waals surface area (Å²) in [5.41, 5.74) is -5.76. The lowest BCUT2D eigenvalue weighted by molar-refractivity contribution is -0.195.